The average molecular weight is 489 g/mol. The SMILES string of the molecule is CCc1ccc(N2C(=O)[C@@H]3[C@H](ON(c4ccccc4)[C@H]3c3cc(OC)c(OC)cc3OC)C2=O)cc1. The second kappa shape index (κ2) is 9.54. The van der Waals surface area contributed by atoms with Crippen LogP contribution in [0.4, 0.5) is 11.4 Å². The van der Waals surface area contributed by atoms with Crippen LogP contribution in [0.25, 0.3) is 0 Å². The molecule has 2 amide bonds. The van der Waals surface area contributed by atoms with Gasteiger partial charge >= 0.3 is 0 Å². The highest BCUT2D eigenvalue weighted by molar-refractivity contribution is 6.24. The summed E-state index contributed by atoms with van der Waals surface area (Å²) in [6.07, 6.45) is -0.115. The highest BCUT2D eigenvalue weighted by Crippen LogP contribution is 2.51. The minimum atomic E-state index is -0.980. The van der Waals surface area contributed by atoms with E-state index in [1.54, 1.807) is 50.7 Å². The quantitative estimate of drug-likeness (QED) is 0.458. The summed E-state index contributed by atoms with van der Waals surface area (Å²) in [6.45, 7) is 2.05. The molecular weight excluding hydrogens is 460 g/mol. The highest BCUT2D eigenvalue weighted by Gasteiger charge is 2.60. The maximum atomic E-state index is 13.9. The van der Waals surface area contributed by atoms with Crippen LogP contribution in [0.3, 0.4) is 0 Å². The zero-order valence-electron chi connectivity index (χ0n) is 20.6. The normalized spacial score (nSPS) is 21.1. The summed E-state index contributed by atoms with van der Waals surface area (Å²) in [7, 11) is 4.64. The van der Waals surface area contributed by atoms with Crippen molar-refractivity contribution in [1.82, 2.24) is 0 Å². The van der Waals surface area contributed by atoms with Gasteiger partial charge in [-0.3, -0.25) is 14.4 Å². The summed E-state index contributed by atoms with van der Waals surface area (Å²) in [6, 6.07) is 19.7. The Kier molecular flexibility index (Phi) is 6.28. The van der Waals surface area contributed by atoms with Crippen LogP contribution in [0.15, 0.2) is 66.7 Å². The largest absolute Gasteiger partial charge is 0.496 e. The summed E-state index contributed by atoms with van der Waals surface area (Å²) in [5.41, 5.74) is 3.02. The third kappa shape index (κ3) is 3.74. The first-order valence-electron chi connectivity index (χ1n) is 11.8. The number of aryl methyl sites for hydroxylation is 1. The van der Waals surface area contributed by atoms with Crippen LogP contribution < -0.4 is 24.2 Å². The second-order valence-electron chi connectivity index (χ2n) is 8.64. The number of methoxy groups -OCH3 is 3. The van der Waals surface area contributed by atoms with Gasteiger partial charge in [-0.25, -0.2) is 9.96 Å². The monoisotopic (exact) mass is 488 g/mol. The Morgan fingerprint density at radius 3 is 2.03 bits per heavy atom. The summed E-state index contributed by atoms with van der Waals surface area (Å²) < 4.78 is 16.7. The van der Waals surface area contributed by atoms with E-state index in [0.717, 1.165) is 12.0 Å². The Balaban J connectivity index is 1.63. The topological polar surface area (TPSA) is 77.5 Å². The van der Waals surface area contributed by atoms with Crippen LogP contribution in [0, 0.1) is 5.92 Å². The van der Waals surface area contributed by atoms with Gasteiger partial charge in [-0.05, 0) is 42.3 Å². The summed E-state index contributed by atoms with van der Waals surface area (Å²) >= 11 is 0. The molecule has 3 atom stereocenters. The number of nitrogens with zero attached hydrogens (tertiary/aromatic N) is 2. The van der Waals surface area contributed by atoms with E-state index >= 15 is 0 Å². The van der Waals surface area contributed by atoms with E-state index in [9.17, 15) is 9.59 Å². The lowest BCUT2D eigenvalue weighted by Crippen LogP contribution is -2.37. The van der Waals surface area contributed by atoms with Gasteiger partial charge < -0.3 is 14.2 Å². The van der Waals surface area contributed by atoms with Crippen LogP contribution in [-0.2, 0) is 20.8 Å². The van der Waals surface area contributed by atoms with Crippen LogP contribution in [0.2, 0.25) is 0 Å². The van der Waals surface area contributed by atoms with Crippen molar-refractivity contribution in [2.75, 3.05) is 31.3 Å². The molecule has 8 nitrogen and oxygen atoms in total. The molecule has 0 aliphatic carbocycles. The Hall–Kier alpha value is -4.04. The van der Waals surface area contributed by atoms with Crippen molar-refractivity contribution in [2.24, 2.45) is 5.92 Å². The number of anilines is 2. The molecule has 0 aromatic heterocycles. The number of hydrogen-bond donors (Lipinski definition) is 0. The second-order valence-corrected chi connectivity index (χ2v) is 8.64. The molecular formula is C28H28N2O6. The number of benzene rings is 3. The molecule has 0 spiro atoms. The van der Waals surface area contributed by atoms with E-state index in [1.807, 2.05) is 42.5 Å². The van der Waals surface area contributed by atoms with E-state index in [1.165, 1.54) is 4.90 Å². The smallest absolute Gasteiger partial charge is 0.266 e. The van der Waals surface area contributed by atoms with Gasteiger partial charge in [-0.1, -0.05) is 37.3 Å². The molecule has 3 aromatic rings. The molecule has 36 heavy (non-hydrogen) atoms. The molecule has 8 heteroatoms. The lowest BCUT2D eigenvalue weighted by Gasteiger charge is -2.30. The fourth-order valence-electron chi connectivity index (χ4n) is 4.95. The van der Waals surface area contributed by atoms with E-state index in [-0.39, 0.29) is 5.91 Å². The van der Waals surface area contributed by atoms with Crippen molar-refractivity contribution >= 4 is 23.2 Å². The van der Waals surface area contributed by atoms with Gasteiger partial charge in [0.2, 0.25) is 5.91 Å². The lowest BCUT2D eigenvalue weighted by atomic mass is 9.89. The van der Waals surface area contributed by atoms with Crippen molar-refractivity contribution in [1.29, 1.82) is 0 Å². The Labute approximate surface area is 209 Å². The van der Waals surface area contributed by atoms with Crippen LogP contribution in [0.5, 0.6) is 17.2 Å². The number of carbonyl (C=O) groups is 2. The fourth-order valence-corrected chi connectivity index (χ4v) is 4.95. The molecule has 0 unspecified atom stereocenters. The maximum Gasteiger partial charge on any atom is 0.266 e. The predicted octanol–water partition coefficient (Wildman–Crippen LogP) is 4.33. The fraction of sp³-hybridized carbons (Fsp3) is 0.286. The Morgan fingerprint density at radius 1 is 0.778 bits per heavy atom. The number of hydrogen-bond acceptors (Lipinski definition) is 7. The molecule has 3 aromatic carbocycles. The molecule has 186 valence electrons. The average Bonchev–Trinajstić information content (AvgIpc) is 3.43. The minimum Gasteiger partial charge on any atom is -0.496 e. The third-order valence-corrected chi connectivity index (χ3v) is 6.78. The molecule has 2 fully saturated rings. The van der Waals surface area contributed by atoms with Gasteiger partial charge in [0.15, 0.2) is 17.6 Å². The number of ether oxygens (including phenoxy) is 3. The van der Waals surface area contributed by atoms with Gasteiger partial charge in [0.05, 0.1) is 32.7 Å². The molecule has 2 saturated heterocycles. The van der Waals surface area contributed by atoms with Crippen molar-refractivity contribution < 1.29 is 28.6 Å². The van der Waals surface area contributed by atoms with E-state index in [2.05, 4.69) is 6.92 Å². The highest BCUT2D eigenvalue weighted by atomic mass is 16.7. The molecule has 0 saturated carbocycles. The Bertz CT molecular complexity index is 1280. The van der Waals surface area contributed by atoms with Gasteiger partial charge in [-0.15, -0.1) is 0 Å². The first-order valence-corrected chi connectivity index (χ1v) is 11.8. The van der Waals surface area contributed by atoms with E-state index in [4.69, 9.17) is 19.0 Å². The Morgan fingerprint density at radius 2 is 1.42 bits per heavy atom. The predicted molar refractivity (Wildman–Crippen MR) is 134 cm³/mol. The number of carbonyl (C=O) groups excluding carboxylic acids is 2. The molecule has 0 N–H and O–H groups in total. The summed E-state index contributed by atoms with van der Waals surface area (Å²) in [5.74, 6) is -0.0455. The zero-order valence-corrected chi connectivity index (χ0v) is 20.6. The standard InChI is InChI=1S/C28H28N2O6/c1-5-17-11-13-18(14-12-17)29-27(31)24-25(20-15-22(34-3)23(35-4)16-21(20)33-2)30(36-26(24)28(29)32)19-9-7-6-8-10-19/h6-16,24-26H,5H2,1-4H3/t24-,25-,26-/m0/s1. The number of imide groups is 1. The van der Waals surface area contributed by atoms with Crippen molar-refractivity contribution in [3.8, 4) is 17.2 Å². The number of para-hydroxylation sites is 1. The molecule has 2 heterocycles. The van der Waals surface area contributed by atoms with Crippen molar-refractivity contribution in [3.63, 3.8) is 0 Å². The first-order chi connectivity index (χ1) is 17.5. The van der Waals surface area contributed by atoms with Gasteiger partial charge in [0.25, 0.3) is 5.91 Å². The molecule has 0 bridgehead atoms. The molecule has 0 radical (unpaired) electrons. The van der Waals surface area contributed by atoms with Crippen molar-refractivity contribution in [2.45, 2.75) is 25.5 Å². The third-order valence-electron chi connectivity index (χ3n) is 6.78. The molecule has 2 aliphatic rings. The van der Waals surface area contributed by atoms with Gasteiger partial charge in [-0.2, -0.15) is 0 Å². The maximum absolute atomic E-state index is 13.9. The van der Waals surface area contributed by atoms with Crippen LogP contribution >= 0.6 is 0 Å². The minimum absolute atomic E-state index is 0.325. The van der Waals surface area contributed by atoms with Crippen LogP contribution in [-0.4, -0.2) is 39.2 Å². The summed E-state index contributed by atoms with van der Waals surface area (Å²) in [4.78, 5) is 34.9. The molecule has 2 aliphatic heterocycles. The van der Waals surface area contributed by atoms with Gasteiger partial charge in [0, 0.05) is 11.6 Å². The summed E-state index contributed by atoms with van der Waals surface area (Å²) in [5, 5.41) is 1.63. The van der Waals surface area contributed by atoms with Crippen molar-refractivity contribution in [3.05, 3.63) is 77.9 Å². The van der Waals surface area contributed by atoms with Gasteiger partial charge in [0.1, 0.15) is 17.7 Å². The van der Waals surface area contributed by atoms with E-state index < -0.39 is 24.0 Å². The first kappa shape index (κ1) is 23.7. The number of hydroxylamine groups is 1. The van der Waals surface area contributed by atoms with Crippen LogP contribution in [0.1, 0.15) is 24.1 Å². The number of fused-ring (bicyclic) bond motifs is 1. The number of rotatable bonds is 7. The zero-order chi connectivity index (χ0) is 25.4. The number of amides is 2. The van der Waals surface area contributed by atoms with E-state index in [0.29, 0.717) is 34.2 Å². The lowest BCUT2D eigenvalue weighted by molar-refractivity contribution is -0.126. The molecule has 5 rings (SSSR count).